The molecule has 4 rings (SSSR count). The van der Waals surface area contributed by atoms with E-state index < -0.39 is 21.7 Å². The first kappa shape index (κ1) is 22.4. The van der Waals surface area contributed by atoms with Gasteiger partial charge in [-0.15, -0.1) is 0 Å². The number of anilines is 2. The number of hydrogen-bond donors (Lipinski definition) is 1. The Morgan fingerprint density at radius 1 is 1.00 bits per heavy atom. The van der Waals surface area contributed by atoms with E-state index in [9.17, 15) is 17.6 Å². The molecule has 1 heterocycles. The van der Waals surface area contributed by atoms with Gasteiger partial charge in [-0.25, -0.2) is 12.8 Å². The van der Waals surface area contributed by atoms with E-state index in [-0.39, 0.29) is 22.7 Å². The third-order valence-corrected chi connectivity index (χ3v) is 7.14. The zero-order valence-corrected chi connectivity index (χ0v) is 18.9. The second-order valence-electron chi connectivity index (χ2n) is 7.43. The Morgan fingerprint density at radius 2 is 1.70 bits per heavy atom. The maximum atomic E-state index is 13.9. The van der Waals surface area contributed by atoms with E-state index in [0.717, 1.165) is 0 Å². The molecule has 4 aromatic rings. The maximum Gasteiger partial charge on any atom is 0.266 e. The Balaban J connectivity index is 1.76. The van der Waals surface area contributed by atoms with Crippen LogP contribution in [0.2, 0.25) is 0 Å². The number of para-hydroxylation sites is 2. The van der Waals surface area contributed by atoms with Crippen molar-refractivity contribution < 1.29 is 17.6 Å². The number of amides is 1. The lowest BCUT2D eigenvalue weighted by molar-refractivity contribution is 0.102. The minimum Gasteiger partial charge on any atom is -0.321 e. The quantitative estimate of drug-likeness (QED) is 0.429. The SMILES string of the molecule is CCN(c1ccccc1)S(=O)(=O)c1ccccc1NC(=O)c1cc(C)nc2ccc(F)cc12. The molecule has 3 aromatic carbocycles. The van der Waals surface area contributed by atoms with Gasteiger partial charge in [-0.2, -0.15) is 0 Å². The number of carbonyl (C=O) groups excluding carboxylic acids is 1. The van der Waals surface area contributed by atoms with Crippen LogP contribution in [0, 0.1) is 12.7 Å². The molecule has 0 unspecified atom stereocenters. The summed E-state index contributed by atoms with van der Waals surface area (Å²) in [4.78, 5) is 17.5. The number of hydrogen-bond acceptors (Lipinski definition) is 4. The fourth-order valence-corrected chi connectivity index (χ4v) is 5.33. The van der Waals surface area contributed by atoms with E-state index in [1.54, 1.807) is 56.3 Å². The number of nitrogens with zero attached hydrogens (tertiary/aromatic N) is 2. The van der Waals surface area contributed by atoms with Crippen LogP contribution in [0.15, 0.2) is 83.8 Å². The van der Waals surface area contributed by atoms with Gasteiger partial charge in [0.25, 0.3) is 15.9 Å². The largest absolute Gasteiger partial charge is 0.321 e. The molecule has 0 fully saturated rings. The van der Waals surface area contributed by atoms with E-state index in [1.165, 1.54) is 34.6 Å². The van der Waals surface area contributed by atoms with Crippen molar-refractivity contribution in [2.75, 3.05) is 16.2 Å². The molecule has 0 aliphatic heterocycles. The number of benzene rings is 3. The van der Waals surface area contributed by atoms with Crippen LogP contribution in [0.25, 0.3) is 10.9 Å². The van der Waals surface area contributed by atoms with Crippen LogP contribution in [-0.2, 0) is 10.0 Å². The Hall–Kier alpha value is -3.78. The van der Waals surface area contributed by atoms with Crippen molar-refractivity contribution in [1.82, 2.24) is 4.98 Å². The van der Waals surface area contributed by atoms with Gasteiger partial charge in [-0.1, -0.05) is 30.3 Å². The third kappa shape index (κ3) is 4.42. The molecule has 168 valence electrons. The summed E-state index contributed by atoms with van der Waals surface area (Å²) in [6.45, 7) is 3.69. The predicted molar refractivity (Wildman–Crippen MR) is 127 cm³/mol. The molecule has 8 heteroatoms. The first-order valence-electron chi connectivity index (χ1n) is 10.4. The number of halogens is 1. The molecule has 1 N–H and O–H groups in total. The van der Waals surface area contributed by atoms with Crippen LogP contribution in [0.4, 0.5) is 15.8 Å². The summed E-state index contributed by atoms with van der Waals surface area (Å²) in [6, 6.07) is 20.6. The highest BCUT2D eigenvalue weighted by Gasteiger charge is 2.27. The van der Waals surface area contributed by atoms with Crippen LogP contribution in [0.3, 0.4) is 0 Å². The van der Waals surface area contributed by atoms with E-state index in [2.05, 4.69) is 10.3 Å². The molecular formula is C25H22FN3O3S. The number of sulfonamides is 1. The zero-order valence-electron chi connectivity index (χ0n) is 18.1. The lowest BCUT2D eigenvalue weighted by atomic mass is 10.1. The highest BCUT2D eigenvalue weighted by molar-refractivity contribution is 7.93. The Kier molecular flexibility index (Phi) is 6.11. The molecule has 1 aromatic heterocycles. The van der Waals surface area contributed by atoms with Crippen molar-refractivity contribution in [3.63, 3.8) is 0 Å². The lowest BCUT2D eigenvalue weighted by Crippen LogP contribution is -2.31. The van der Waals surface area contributed by atoms with Gasteiger partial charge in [0, 0.05) is 17.6 Å². The molecule has 6 nitrogen and oxygen atoms in total. The molecule has 0 spiro atoms. The average Bonchev–Trinajstić information content (AvgIpc) is 2.80. The molecule has 33 heavy (non-hydrogen) atoms. The number of aryl methyl sites for hydroxylation is 1. The topological polar surface area (TPSA) is 79.4 Å². The first-order valence-corrected chi connectivity index (χ1v) is 11.8. The Bertz CT molecular complexity index is 1440. The molecule has 0 aliphatic rings. The standard InChI is InChI=1S/C25H22FN3O3S/c1-3-29(19-9-5-4-6-10-19)33(31,32)24-12-8-7-11-23(24)28-25(30)21-15-17(2)27-22-14-13-18(26)16-20(21)22/h4-16H,3H2,1-2H3,(H,28,30). The van der Waals surface area contributed by atoms with Gasteiger partial charge in [0.15, 0.2) is 0 Å². The van der Waals surface area contributed by atoms with E-state index >= 15 is 0 Å². The molecule has 0 bridgehead atoms. The second kappa shape index (κ2) is 8.99. The number of pyridine rings is 1. The van der Waals surface area contributed by atoms with Crippen LogP contribution in [-0.4, -0.2) is 25.9 Å². The molecular weight excluding hydrogens is 441 g/mol. The van der Waals surface area contributed by atoms with Crippen LogP contribution >= 0.6 is 0 Å². The van der Waals surface area contributed by atoms with E-state index in [4.69, 9.17) is 0 Å². The summed E-state index contributed by atoms with van der Waals surface area (Å²) in [6.07, 6.45) is 0. The van der Waals surface area contributed by atoms with Crippen molar-refractivity contribution >= 4 is 38.2 Å². The normalized spacial score (nSPS) is 11.4. The number of rotatable bonds is 6. The predicted octanol–water partition coefficient (Wildman–Crippen LogP) is 5.15. The van der Waals surface area contributed by atoms with Gasteiger partial charge in [-0.3, -0.25) is 14.1 Å². The Labute approximate surface area is 191 Å². The van der Waals surface area contributed by atoms with Gasteiger partial charge in [0.05, 0.1) is 22.5 Å². The lowest BCUT2D eigenvalue weighted by Gasteiger charge is -2.24. The maximum absolute atomic E-state index is 13.9. The summed E-state index contributed by atoms with van der Waals surface area (Å²) < 4.78 is 42.2. The number of carbonyl (C=O) groups is 1. The van der Waals surface area contributed by atoms with Crippen molar-refractivity contribution in [1.29, 1.82) is 0 Å². The number of nitrogens with one attached hydrogen (secondary N) is 1. The molecule has 1 amide bonds. The molecule has 0 atom stereocenters. The van der Waals surface area contributed by atoms with Crippen LogP contribution in [0.1, 0.15) is 23.0 Å². The molecule has 0 saturated carbocycles. The van der Waals surface area contributed by atoms with Crippen molar-refractivity contribution in [3.05, 3.63) is 95.9 Å². The monoisotopic (exact) mass is 463 g/mol. The minimum atomic E-state index is -3.97. The van der Waals surface area contributed by atoms with Crippen LogP contribution < -0.4 is 9.62 Å². The van der Waals surface area contributed by atoms with Gasteiger partial charge in [0.1, 0.15) is 10.7 Å². The van der Waals surface area contributed by atoms with E-state index in [1.807, 2.05) is 6.07 Å². The summed E-state index contributed by atoms with van der Waals surface area (Å²) in [5.41, 5.74) is 1.92. The van der Waals surface area contributed by atoms with Gasteiger partial charge in [-0.05, 0) is 62.4 Å². The highest BCUT2D eigenvalue weighted by atomic mass is 32.2. The van der Waals surface area contributed by atoms with Crippen molar-refractivity contribution in [3.8, 4) is 0 Å². The van der Waals surface area contributed by atoms with Crippen molar-refractivity contribution in [2.45, 2.75) is 18.7 Å². The van der Waals surface area contributed by atoms with Gasteiger partial charge in [0.2, 0.25) is 0 Å². The molecule has 0 aliphatic carbocycles. The average molecular weight is 464 g/mol. The first-order chi connectivity index (χ1) is 15.8. The fraction of sp³-hybridized carbons (Fsp3) is 0.120. The zero-order chi connectivity index (χ0) is 23.6. The third-order valence-electron chi connectivity index (χ3n) is 5.18. The van der Waals surface area contributed by atoms with E-state index in [0.29, 0.717) is 22.3 Å². The van der Waals surface area contributed by atoms with Crippen molar-refractivity contribution in [2.24, 2.45) is 0 Å². The smallest absolute Gasteiger partial charge is 0.266 e. The number of aromatic nitrogens is 1. The summed E-state index contributed by atoms with van der Waals surface area (Å²) in [7, 11) is -3.97. The Morgan fingerprint density at radius 3 is 2.42 bits per heavy atom. The molecule has 0 saturated heterocycles. The highest BCUT2D eigenvalue weighted by Crippen LogP contribution is 2.29. The minimum absolute atomic E-state index is 0.0367. The fourth-order valence-electron chi connectivity index (χ4n) is 3.71. The second-order valence-corrected chi connectivity index (χ2v) is 9.26. The summed E-state index contributed by atoms with van der Waals surface area (Å²) in [5.74, 6) is -1.05. The summed E-state index contributed by atoms with van der Waals surface area (Å²) in [5, 5.41) is 3.05. The van der Waals surface area contributed by atoms with Crippen LogP contribution in [0.5, 0.6) is 0 Å². The number of fused-ring (bicyclic) bond motifs is 1. The summed E-state index contributed by atoms with van der Waals surface area (Å²) >= 11 is 0. The van der Waals surface area contributed by atoms with Gasteiger partial charge >= 0.3 is 0 Å². The van der Waals surface area contributed by atoms with Gasteiger partial charge < -0.3 is 5.32 Å². The molecule has 0 radical (unpaired) electrons.